The van der Waals surface area contributed by atoms with Gasteiger partial charge in [0.2, 0.25) is 0 Å². The third-order valence-electron chi connectivity index (χ3n) is 4.97. The molecular weight excluding hydrogens is 346 g/mol. The van der Waals surface area contributed by atoms with Crippen molar-refractivity contribution in [3.63, 3.8) is 0 Å². The van der Waals surface area contributed by atoms with Crippen molar-refractivity contribution in [3.8, 4) is 0 Å². The molecule has 0 amide bonds. The standard InChI is InChI=1S/C25H23NO2/c27-25-24(22-14-8-3-9-15-22)23(19-28-25)18-26(16-20-10-4-1-5-11-20)17-21-12-6-2-7-13-21/h1-15,19,24H,16-18H2. The summed E-state index contributed by atoms with van der Waals surface area (Å²) in [5, 5.41) is 0. The second kappa shape index (κ2) is 8.68. The van der Waals surface area contributed by atoms with E-state index >= 15 is 0 Å². The normalized spacial score (nSPS) is 16.1. The van der Waals surface area contributed by atoms with Crippen LogP contribution in [-0.2, 0) is 22.6 Å². The molecule has 1 aliphatic rings. The quantitative estimate of drug-likeness (QED) is 0.554. The molecule has 0 saturated carbocycles. The monoisotopic (exact) mass is 369 g/mol. The van der Waals surface area contributed by atoms with Gasteiger partial charge < -0.3 is 4.74 Å². The number of carbonyl (C=O) groups is 1. The molecule has 1 aliphatic heterocycles. The van der Waals surface area contributed by atoms with Crippen LogP contribution in [-0.4, -0.2) is 17.4 Å². The van der Waals surface area contributed by atoms with E-state index in [1.807, 2.05) is 42.5 Å². The number of esters is 1. The van der Waals surface area contributed by atoms with Crippen LogP contribution in [0.15, 0.2) is 103 Å². The second-order valence-corrected chi connectivity index (χ2v) is 7.09. The summed E-state index contributed by atoms with van der Waals surface area (Å²) in [6, 6.07) is 30.7. The van der Waals surface area contributed by atoms with Gasteiger partial charge in [-0.25, -0.2) is 0 Å². The lowest BCUT2D eigenvalue weighted by Gasteiger charge is -2.24. The van der Waals surface area contributed by atoms with Gasteiger partial charge in [0.1, 0.15) is 5.92 Å². The van der Waals surface area contributed by atoms with Crippen molar-refractivity contribution in [2.24, 2.45) is 0 Å². The summed E-state index contributed by atoms with van der Waals surface area (Å²) in [4.78, 5) is 14.7. The van der Waals surface area contributed by atoms with Gasteiger partial charge in [-0.1, -0.05) is 91.0 Å². The maximum absolute atomic E-state index is 12.4. The van der Waals surface area contributed by atoms with Crippen LogP contribution in [0.3, 0.4) is 0 Å². The maximum atomic E-state index is 12.4. The van der Waals surface area contributed by atoms with Gasteiger partial charge in [-0.05, 0) is 22.3 Å². The number of nitrogens with zero attached hydrogens (tertiary/aromatic N) is 1. The van der Waals surface area contributed by atoms with Gasteiger partial charge in [0.15, 0.2) is 0 Å². The number of cyclic esters (lactones) is 1. The molecule has 3 nitrogen and oxygen atoms in total. The Kier molecular flexibility index (Phi) is 5.64. The molecule has 0 aliphatic carbocycles. The van der Waals surface area contributed by atoms with E-state index in [4.69, 9.17) is 4.74 Å². The lowest BCUT2D eigenvalue weighted by atomic mass is 9.92. The number of carbonyl (C=O) groups excluding carboxylic acids is 1. The molecule has 1 unspecified atom stereocenters. The van der Waals surface area contributed by atoms with Crippen molar-refractivity contribution in [2.45, 2.75) is 19.0 Å². The van der Waals surface area contributed by atoms with E-state index < -0.39 is 0 Å². The summed E-state index contributed by atoms with van der Waals surface area (Å²) in [6.45, 7) is 2.29. The highest BCUT2D eigenvalue weighted by Crippen LogP contribution is 2.32. The Bertz CT molecular complexity index is 895. The average molecular weight is 369 g/mol. The molecule has 0 aromatic heterocycles. The highest BCUT2D eigenvalue weighted by Gasteiger charge is 2.32. The number of benzene rings is 3. The van der Waals surface area contributed by atoms with Crippen LogP contribution in [0.5, 0.6) is 0 Å². The average Bonchev–Trinajstić information content (AvgIpc) is 3.10. The number of hydrogen-bond donors (Lipinski definition) is 0. The zero-order chi connectivity index (χ0) is 19.2. The highest BCUT2D eigenvalue weighted by molar-refractivity contribution is 5.85. The van der Waals surface area contributed by atoms with Gasteiger partial charge in [-0.3, -0.25) is 9.69 Å². The number of ether oxygens (including phenoxy) is 1. The van der Waals surface area contributed by atoms with Crippen molar-refractivity contribution >= 4 is 5.97 Å². The van der Waals surface area contributed by atoms with E-state index in [-0.39, 0.29) is 11.9 Å². The van der Waals surface area contributed by atoms with Gasteiger partial charge in [-0.15, -0.1) is 0 Å². The highest BCUT2D eigenvalue weighted by atomic mass is 16.5. The predicted octanol–water partition coefficient (Wildman–Crippen LogP) is 4.91. The van der Waals surface area contributed by atoms with E-state index in [2.05, 4.69) is 53.4 Å². The van der Waals surface area contributed by atoms with Gasteiger partial charge in [0, 0.05) is 19.6 Å². The Morgan fingerprint density at radius 1 is 0.679 bits per heavy atom. The van der Waals surface area contributed by atoms with Crippen LogP contribution < -0.4 is 0 Å². The minimum Gasteiger partial charge on any atom is -0.434 e. The second-order valence-electron chi connectivity index (χ2n) is 7.09. The summed E-state index contributed by atoms with van der Waals surface area (Å²) in [5.41, 5.74) is 4.49. The fourth-order valence-electron chi connectivity index (χ4n) is 3.65. The SMILES string of the molecule is O=C1OC=C(CN(Cc2ccccc2)Cc2ccccc2)C1c1ccccc1. The molecule has 3 aromatic carbocycles. The first-order chi connectivity index (χ1) is 13.8. The van der Waals surface area contributed by atoms with Crippen molar-refractivity contribution < 1.29 is 9.53 Å². The third kappa shape index (κ3) is 4.38. The van der Waals surface area contributed by atoms with Crippen molar-refractivity contribution in [1.82, 2.24) is 4.90 Å². The fourth-order valence-corrected chi connectivity index (χ4v) is 3.65. The lowest BCUT2D eigenvalue weighted by molar-refractivity contribution is -0.136. The van der Waals surface area contributed by atoms with E-state index in [1.54, 1.807) is 6.26 Å². The van der Waals surface area contributed by atoms with Gasteiger partial charge >= 0.3 is 5.97 Å². The van der Waals surface area contributed by atoms with Crippen LogP contribution in [0.25, 0.3) is 0 Å². The zero-order valence-electron chi connectivity index (χ0n) is 15.7. The Balaban J connectivity index is 1.56. The molecule has 3 heteroatoms. The number of rotatable bonds is 7. The van der Waals surface area contributed by atoms with E-state index in [0.717, 1.165) is 24.2 Å². The smallest absolute Gasteiger partial charge is 0.322 e. The molecule has 0 saturated heterocycles. The topological polar surface area (TPSA) is 29.5 Å². The Hall–Kier alpha value is -3.17. The molecule has 1 heterocycles. The summed E-state index contributed by atoms with van der Waals surface area (Å²) in [5.74, 6) is -0.518. The first-order valence-corrected chi connectivity index (χ1v) is 9.54. The Labute approximate surface area is 165 Å². The van der Waals surface area contributed by atoms with E-state index in [0.29, 0.717) is 6.54 Å². The summed E-state index contributed by atoms with van der Waals surface area (Å²) in [6.07, 6.45) is 1.64. The minimum absolute atomic E-state index is 0.194. The first kappa shape index (κ1) is 18.2. The lowest BCUT2D eigenvalue weighted by Crippen LogP contribution is -2.27. The zero-order valence-corrected chi connectivity index (χ0v) is 15.7. The maximum Gasteiger partial charge on any atom is 0.322 e. The molecule has 0 fully saturated rings. The molecule has 3 aromatic rings. The van der Waals surface area contributed by atoms with Crippen LogP contribution in [0.1, 0.15) is 22.6 Å². The van der Waals surface area contributed by atoms with Gasteiger partial charge in [0.05, 0.1) is 6.26 Å². The van der Waals surface area contributed by atoms with Crippen molar-refractivity contribution in [1.29, 1.82) is 0 Å². The van der Waals surface area contributed by atoms with E-state index in [9.17, 15) is 4.79 Å². The molecule has 1 atom stereocenters. The fraction of sp³-hybridized carbons (Fsp3) is 0.160. The Morgan fingerprint density at radius 3 is 1.71 bits per heavy atom. The molecular formula is C25H23NO2. The third-order valence-corrected chi connectivity index (χ3v) is 4.97. The summed E-state index contributed by atoms with van der Waals surface area (Å²) < 4.78 is 5.31. The largest absolute Gasteiger partial charge is 0.434 e. The van der Waals surface area contributed by atoms with Crippen LogP contribution in [0.4, 0.5) is 0 Å². The molecule has 140 valence electrons. The van der Waals surface area contributed by atoms with Gasteiger partial charge in [-0.2, -0.15) is 0 Å². The molecule has 0 radical (unpaired) electrons. The molecule has 0 N–H and O–H groups in total. The molecule has 28 heavy (non-hydrogen) atoms. The van der Waals surface area contributed by atoms with Crippen LogP contribution >= 0.6 is 0 Å². The number of hydrogen-bond acceptors (Lipinski definition) is 3. The van der Waals surface area contributed by atoms with Crippen molar-refractivity contribution in [3.05, 3.63) is 120 Å². The van der Waals surface area contributed by atoms with E-state index in [1.165, 1.54) is 11.1 Å². The first-order valence-electron chi connectivity index (χ1n) is 9.54. The van der Waals surface area contributed by atoms with Gasteiger partial charge in [0.25, 0.3) is 0 Å². The molecule has 0 bridgehead atoms. The summed E-state index contributed by atoms with van der Waals surface area (Å²) in [7, 11) is 0. The molecule has 0 spiro atoms. The predicted molar refractivity (Wildman–Crippen MR) is 110 cm³/mol. The molecule has 4 rings (SSSR count). The van der Waals surface area contributed by atoms with Crippen LogP contribution in [0, 0.1) is 0 Å². The van der Waals surface area contributed by atoms with Crippen LogP contribution in [0.2, 0.25) is 0 Å². The Morgan fingerprint density at radius 2 is 1.18 bits per heavy atom. The minimum atomic E-state index is -0.324. The summed E-state index contributed by atoms with van der Waals surface area (Å²) >= 11 is 0. The van der Waals surface area contributed by atoms with Crippen molar-refractivity contribution in [2.75, 3.05) is 6.54 Å².